The van der Waals surface area contributed by atoms with E-state index in [9.17, 15) is 18.0 Å². The number of nitrogens with zero attached hydrogens (tertiary/aromatic N) is 2. The highest BCUT2D eigenvalue weighted by molar-refractivity contribution is 7.92. The fraction of sp³-hybridized carbons (Fsp3) is 0.500. The zero-order chi connectivity index (χ0) is 28.6. The van der Waals surface area contributed by atoms with Gasteiger partial charge in [-0.2, -0.15) is 0 Å². The van der Waals surface area contributed by atoms with E-state index in [1.807, 2.05) is 52.8 Å². The summed E-state index contributed by atoms with van der Waals surface area (Å²) in [5.41, 5.74) is 2.93. The molecule has 0 spiro atoms. The second-order valence-corrected chi connectivity index (χ2v) is 12.4. The number of hydrogen-bond donors (Lipinski definition) is 1. The Morgan fingerprint density at radius 1 is 1.03 bits per heavy atom. The maximum Gasteiger partial charge on any atom is 0.243 e. The summed E-state index contributed by atoms with van der Waals surface area (Å²) >= 11 is 12.8. The molecule has 2 unspecified atom stereocenters. The Hall–Kier alpha value is -2.29. The first-order valence-electron chi connectivity index (χ1n) is 12.9. The van der Waals surface area contributed by atoms with E-state index in [0.29, 0.717) is 27.7 Å². The van der Waals surface area contributed by atoms with Gasteiger partial charge in [-0.3, -0.25) is 13.9 Å². The Labute approximate surface area is 237 Å². The number of aryl methyl sites for hydroxylation is 2. The molecule has 7 nitrogen and oxygen atoms in total. The third-order valence-electron chi connectivity index (χ3n) is 6.56. The highest BCUT2D eigenvalue weighted by Crippen LogP contribution is 2.28. The fourth-order valence-electron chi connectivity index (χ4n) is 4.18. The lowest BCUT2D eigenvalue weighted by Crippen LogP contribution is -2.50. The van der Waals surface area contributed by atoms with E-state index >= 15 is 0 Å². The lowest BCUT2D eigenvalue weighted by Gasteiger charge is -2.32. The largest absolute Gasteiger partial charge is 0.352 e. The second kappa shape index (κ2) is 14.2. The van der Waals surface area contributed by atoms with Gasteiger partial charge in [0.2, 0.25) is 21.8 Å². The molecule has 2 aromatic carbocycles. The number of halogens is 2. The number of hydrogen-bond acceptors (Lipinski definition) is 4. The molecule has 210 valence electrons. The van der Waals surface area contributed by atoms with E-state index in [4.69, 9.17) is 23.2 Å². The minimum Gasteiger partial charge on any atom is -0.352 e. The van der Waals surface area contributed by atoms with Gasteiger partial charge in [-0.05, 0) is 69.4 Å². The average Bonchev–Trinajstić information content (AvgIpc) is 2.84. The molecule has 0 aliphatic heterocycles. The second-order valence-electron chi connectivity index (χ2n) is 9.69. The summed E-state index contributed by atoms with van der Waals surface area (Å²) in [7, 11) is -3.58. The van der Waals surface area contributed by atoms with Gasteiger partial charge in [0, 0.05) is 41.2 Å². The van der Waals surface area contributed by atoms with Crippen LogP contribution in [-0.4, -0.2) is 50.0 Å². The fourth-order valence-corrected chi connectivity index (χ4v) is 5.72. The molecule has 0 saturated carbocycles. The number of rotatable bonds is 13. The van der Waals surface area contributed by atoms with Crippen LogP contribution in [0.4, 0.5) is 5.69 Å². The van der Waals surface area contributed by atoms with Crippen molar-refractivity contribution in [1.82, 2.24) is 10.2 Å². The minimum absolute atomic E-state index is 0.0432. The molecule has 2 atom stereocenters. The molecule has 1 N–H and O–H groups in total. The van der Waals surface area contributed by atoms with Crippen LogP contribution in [0.25, 0.3) is 0 Å². The van der Waals surface area contributed by atoms with Crippen LogP contribution < -0.4 is 9.62 Å². The first-order valence-corrected chi connectivity index (χ1v) is 15.5. The maximum atomic E-state index is 13.6. The average molecular weight is 585 g/mol. The summed E-state index contributed by atoms with van der Waals surface area (Å²) in [6.07, 6.45) is 2.64. The van der Waals surface area contributed by atoms with E-state index in [0.717, 1.165) is 23.8 Å². The van der Waals surface area contributed by atoms with Gasteiger partial charge in [-0.25, -0.2) is 8.42 Å². The van der Waals surface area contributed by atoms with Crippen molar-refractivity contribution in [2.45, 2.75) is 78.9 Å². The van der Waals surface area contributed by atoms with Crippen LogP contribution >= 0.6 is 23.2 Å². The molecule has 2 amide bonds. The van der Waals surface area contributed by atoms with Gasteiger partial charge in [0.25, 0.3) is 0 Å². The smallest absolute Gasteiger partial charge is 0.243 e. The van der Waals surface area contributed by atoms with E-state index in [1.165, 1.54) is 9.21 Å². The summed E-state index contributed by atoms with van der Waals surface area (Å²) in [6, 6.07) is 9.98. The first kappa shape index (κ1) is 31.9. The van der Waals surface area contributed by atoms with Crippen LogP contribution in [0.2, 0.25) is 10.0 Å². The zero-order valence-electron chi connectivity index (χ0n) is 23.1. The highest BCUT2D eigenvalue weighted by atomic mass is 35.5. The molecule has 10 heteroatoms. The Bertz CT molecular complexity index is 1220. The predicted octanol–water partition coefficient (Wildman–Crippen LogP) is 5.88. The summed E-state index contributed by atoms with van der Waals surface area (Å²) < 4.78 is 26.6. The summed E-state index contributed by atoms with van der Waals surface area (Å²) in [4.78, 5) is 28.3. The van der Waals surface area contributed by atoms with Gasteiger partial charge in [0.15, 0.2) is 0 Å². The van der Waals surface area contributed by atoms with Crippen LogP contribution in [0.1, 0.15) is 63.1 Å². The van der Waals surface area contributed by atoms with Crippen molar-refractivity contribution in [2.24, 2.45) is 0 Å². The molecule has 38 heavy (non-hydrogen) atoms. The van der Waals surface area contributed by atoms with Crippen LogP contribution in [-0.2, 0) is 26.2 Å². The number of anilines is 1. The molecule has 2 rings (SSSR count). The molecular weight excluding hydrogens is 545 g/mol. The number of sulfonamides is 1. The molecule has 0 heterocycles. The molecule has 0 aromatic heterocycles. The van der Waals surface area contributed by atoms with Crippen LogP contribution in [0.3, 0.4) is 0 Å². The van der Waals surface area contributed by atoms with Crippen molar-refractivity contribution < 1.29 is 18.0 Å². The van der Waals surface area contributed by atoms with Crippen molar-refractivity contribution >= 4 is 50.7 Å². The summed E-state index contributed by atoms with van der Waals surface area (Å²) in [6.45, 7) is 9.69. The normalized spacial score (nSPS) is 13.1. The molecular formula is C28H39Cl2N3O4S. The summed E-state index contributed by atoms with van der Waals surface area (Å²) in [5.74, 6) is -0.520. The Balaban J connectivity index is 2.32. The summed E-state index contributed by atoms with van der Waals surface area (Å²) in [5, 5.41) is 3.79. The lowest BCUT2D eigenvalue weighted by molar-refractivity contribution is -0.141. The van der Waals surface area contributed by atoms with Gasteiger partial charge in [0.05, 0.1) is 11.9 Å². The maximum absolute atomic E-state index is 13.6. The number of amides is 2. The van der Waals surface area contributed by atoms with Crippen molar-refractivity contribution in [3.8, 4) is 0 Å². The van der Waals surface area contributed by atoms with Crippen LogP contribution in [0.15, 0.2) is 36.4 Å². The van der Waals surface area contributed by atoms with Gasteiger partial charge in [-0.1, -0.05) is 55.2 Å². The van der Waals surface area contributed by atoms with Crippen LogP contribution in [0.5, 0.6) is 0 Å². The quantitative estimate of drug-likeness (QED) is 0.319. The van der Waals surface area contributed by atoms with E-state index < -0.39 is 16.1 Å². The Morgan fingerprint density at radius 3 is 2.21 bits per heavy atom. The number of nitrogens with one attached hydrogen (secondary N) is 1. The van der Waals surface area contributed by atoms with E-state index in [-0.39, 0.29) is 43.8 Å². The molecule has 2 aromatic rings. The van der Waals surface area contributed by atoms with Gasteiger partial charge in [0.1, 0.15) is 6.04 Å². The van der Waals surface area contributed by atoms with Crippen molar-refractivity contribution in [1.29, 1.82) is 0 Å². The third-order valence-corrected chi connectivity index (χ3v) is 8.45. The number of carbonyl (C=O) groups is 2. The topological polar surface area (TPSA) is 86.8 Å². The first-order chi connectivity index (χ1) is 17.8. The molecule has 0 fully saturated rings. The third kappa shape index (κ3) is 8.61. The molecule has 0 saturated heterocycles. The lowest BCUT2D eigenvalue weighted by atomic mass is 10.1. The van der Waals surface area contributed by atoms with Crippen molar-refractivity contribution in [3.05, 3.63) is 63.1 Å². The molecule has 0 radical (unpaired) electrons. The number of carbonyl (C=O) groups excluding carboxylic acids is 2. The van der Waals surface area contributed by atoms with Crippen LogP contribution in [0, 0.1) is 13.8 Å². The minimum atomic E-state index is -3.58. The van der Waals surface area contributed by atoms with Gasteiger partial charge >= 0.3 is 0 Å². The molecule has 0 aliphatic carbocycles. The van der Waals surface area contributed by atoms with E-state index in [1.54, 1.807) is 18.2 Å². The Kier molecular flexibility index (Phi) is 11.9. The molecule has 0 bridgehead atoms. The monoisotopic (exact) mass is 583 g/mol. The Morgan fingerprint density at radius 2 is 1.66 bits per heavy atom. The standard InChI is InChI=1S/C28H39Cl2N3O4S/c1-7-21(5)31-28(35)25(8-2)32(18-22-23(29)11-9-12-24(22)30)27(34)13-10-16-33(38(6,36)37)26-17-19(3)14-15-20(26)4/h9,11-12,14-15,17,21,25H,7-8,10,13,16,18H2,1-6H3,(H,31,35). The zero-order valence-corrected chi connectivity index (χ0v) is 25.4. The van der Waals surface area contributed by atoms with Crippen molar-refractivity contribution in [3.63, 3.8) is 0 Å². The molecule has 0 aliphatic rings. The van der Waals surface area contributed by atoms with Gasteiger partial charge in [-0.15, -0.1) is 0 Å². The van der Waals surface area contributed by atoms with Crippen molar-refractivity contribution in [2.75, 3.05) is 17.1 Å². The number of benzene rings is 2. The SMILES string of the molecule is CCC(C)NC(=O)C(CC)N(Cc1c(Cl)cccc1Cl)C(=O)CCCN(c1cc(C)ccc1C)S(C)(=O)=O. The highest BCUT2D eigenvalue weighted by Gasteiger charge is 2.30. The van der Waals surface area contributed by atoms with Gasteiger partial charge < -0.3 is 10.2 Å². The van der Waals surface area contributed by atoms with E-state index in [2.05, 4.69) is 5.32 Å². The predicted molar refractivity (Wildman–Crippen MR) is 156 cm³/mol.